The van der Waals surface area contributed by atoms with E-state index in [2.05, 4.69) is 11.3 Å². The van der Waals surface area contributed by atoms with Crippen LogP contribution in [0.5, 0.6) is 0 Å². The molecule has 0 aliphatic rings. The van der Waals surface area contributed by atoms with Crippen LogP contribution < -0.4 is 0 Å². The topological polar surface area (TPSA) is 29.4 Å². The zero-order valence-electron chi connectivity index (χ0n) is 7.18. The van der Waals surface area contributed by atoms with E-state index in [-0.39, 0.29) is 5.54 Å². The molecule has 0 aliphatic heterocycles. The van der Waals surface area contributed by atoms with Gasteiger partial charge in [0.25, 0.3) is 0 Å². The van der Waals surface area contributed by atoms with Crippen molar-refractivity contribution in [3.63, 3.8) is 0 Å². The van der Waals surface area contributed by atoms with Gasteiger partial charge in [-0.15, -0.1) is 0 Å². The van der Waals surface area contributed by atoms with Gasteiger partial charge in [-0.1, -0.05) is 19.6 Å². The van der Waals surface area contributed by atoms with Crippen LogP contribution in [0.4, 0.5) is 0 Å². The highest BCUT2D eigenvalue weighted by atomic mass is 32.2. The van der Waals surface area contributed by atoms with Crippen LogP contribution >= 0.6 is 0 Å². The molecule has 0 heterocycles. The number of nitrogens with zero attached hydrogens (tertiary/aromatic N) is 1. The highest BCUT2D eigenvalue weighted by Gasteiger charge is 2.07. The Balaban J connectivity index is 4.24. The molecule has 3 heteroatoms. The molecule has 0 rings (SSSR count). The molecule has 0 radical (unpaired) electrons. The number of hydrogen-bond donors (Lipinski definition) is 0. The molecule has 10 heavy (non-hydrogen) atoms. The summed E-state index contributed by atoms with van der Waals surface area (Å²) >= 11 is 0. The maximum absolute atomic E-state index is 10.9. The quantitative estimate of drug-likeness (QED) is 0.586. The SMILES string of the molecule is CC[S-](=O)=NC(C)(C)CC. The van der Waals surface area contributed by atoms with Gasteiger partial charge in [-0.05, 0) is 20.3 Å². The number of hydrogen-bond acceptors (Lipinski definition) is 3. The standard InChI is InChI=1S/C7H16NOS/c1-5-7(3,4)8-10(9)6-2/h5-6H2,1-4H3/q-1. The van der Waals surface area contributed by atoms with E-state index in [4.69, 9.17) is 0 Å². The first-order valence-corrected chi connectivity index (χ1v) is 4.91. The van der Waals surface area contributed by atoms with Crippen molar-refractivity contribution in [2.75, 3.05) is 5.75 Å². The second-order valence-electron chi connectivity index (χ2n) is 2.87. The Hall–Kier alpha value is -0.0500. The largest absolute Gasteiger partial charge is 0.444 e. The van der Waals surface area contributed by atoms with Crippen LogP contribution in [0.3, 0.4) is 0 Å². The van der Waals surface area contributed by atoms with Gasteiger partial charge in [-0.2, -0.15) is 10.6 Å². The Bertz CT molecular complexity index is 168. The first-order chi connectivity index (χ1) is 4.52. The van der Waals surface area contributed by atoms with Crippen molar-refractivity contribution in [2.45, 2.75) is 39.7 Å². The zero-order valence-corrected chi connectivity index (χ0v) is 7.99. The van der Waals surface area contributed by atoms with Gasteiger partial charge in [0.05, 0.1) is 0 Å². The predicted molar refractivity (Wildman–Crippen MR) is 45.4 cm³/mol. The molecule has 0 unspecified atom stereocenters. The molecular weight excluding hydrogens is 146 g/mol. The van der Waals surface area contributed by atoms with E-state index in [9.17, 15) is 4.21 Å². The fraction of sp³-hybridized carbons (Fsp3) is 1.00. The normalized spacial score (nSPS) is 15.6. The lowest BCUT2D eigenvalue weighted by molar-refractivity contribution is 0.505. The highest BCUT2D eigenvalue weighted by Crippen LogP contribution is 2.13. The summed E-state index contributed by atoms with van der Waals surface area (Å²) in [6.45, 7) is 7.93. The Labute approximate surface area is 65.2 Å². The van der Waals surface area contributed by atoms with Gasteiger partial charge in [0.2, 0.25) is 0 Å². The molecule has 0 saturated carbocycles. The fourth-order valence-electron chi connectivity index (χ4n) is 0.405. The molecule has 0 aromatic carbocycles. The van der Waals surface area contributed by atoms with E-state index in [1.54, 1.807) is 0 Å². The second-order valence-corrected chi connectivity index (χ2v) is 4.27. The first kappa shape index (κ1) is 9.95. The lowest BCUT2D eigenvalue weighted by atomic mass is 10.1. The minimum atomic E-state index is -0.971. The van der Waals surface area contributed by atoms with E-state index < -0.39 is 10.6 Å². The molecule has 0 aromatic rings. The van der Waals surface area contributed by atoms with E-state index in [1.807, 2.05) is 20.8 Å². The van der Waals surface area contributed by atoms with Crippen molar-refractivity contribution in [3.05, 3.63) is 0 Å². The summed E-state index contributed by atoms with van der Waals surface area (Å²) in [7, 11) is -0.971. The third-order valence-corrected chi connectivity index (χ3v) is 2.65. The first-order valence-electron chi connectivity index (χ1n) is 3.63. The van der Waals surface area contributed by atoms with Crippen molar-refractivity contribution >= 4 is 10.6 Å². The summed E-state index contributed by atoms with van der Waals surface area (Å²) in [5.41, 5.74) is -0.110. The summed E-state index contributed by atoms with van der Waals surface area (Å²) in [5.74, 6) is 0.628. The van der Waals surface area contributed by atoms with Crippen molar-refractivity contribution in [2.24, 2.45) is 4.36 Å². The summed E-state index contributed by atoms with van der Waals surface area (Å²) < 4.78 is 15.0. The minimum absolute atomic E-state index is 0.110. The van der Waals surface area contributed by atoms with E-state index in [0.717, 1.165) is 6.42 Å². The predicted octanol–water partition coefficient (Wildman–Crippen LogP) is 2.34. The maximum Gasteiger partial charge on any atom is 0.0291 e. The van der Waals surface area contributed by atoms with Crippen LogP contribution in [0, 0.1) is 0 Å². The highest BCUT2D eigenvalue weighted by molar-refractivity contribution is 7.74. The molecule has 0 aromatic heterocycles. The lowest BCUT2D eigenvalue weighted by Gasteiger charge is -2.21. The van der Waals surface area contributed by atoms with E-state index in [1.165, 1.54) is 0 Å². The van der Waals surface area contributed by atoms with Gasteiger partial charge < -0.3 is 8.57 Å². The van der Waals surface area contributed by atoms with Crippen LogP contribution in [-0.4, -0.2) is 11.3 Å². The molecule has 0 saturated heterocycles. The van der Waals surface area contributed by atoms with Crippen molar-refractivity contribution in [1.29, 1.82) is 0 Å². The molecule has 62 valence electrons. The number of rotatable bonds is 3. The van der Waals surface area contributed by atoms with Gasteiger partial charge in [0, 0.05) is 5.54 Å². The van der Waals surface area contributed by atoms with Gasteiger partial charge in [0.15, 0.2) is 0 Å². The monoisotopic (exact) mass is 162 g/mol. The van der Waals surface area contributed by atoms with E-state index >= 15 is 0 Å². The third-order valence-electron chi connectivity index (χ3n) is 1.46. The van der Waals surface area contributed by atoms with Crippen molar-refractivity contribution < 1.29 is 4.21 Å². The average molecular weight is 162 g/mol. The molecule has 0 spiro atoms. The van der Waals surface area contributed by atoms with Crippen LogP contribution in [0.2, 0.25) is 0 Å². The summed E-state index contributed by atoms with van der Waals surface area (Å²) in [6, 6.07) is 0. The second kappa shape index (κ2) is 3.96. The molecule has 0 aliphatic carbocycles. The Kier molecular flexibility index (Phi) is 3.94. The van der Waals surface area contributed by atoms with Gasteiger partial charge in [0.1, 0.15) is 0 Å². The van der Waals surface area contributed by atoms with Crippen LogP contribution in [-0.2, 0) is 14.8 Å². The van der Waals surface area contributed by atoms with E-state index in [0.29, 0.717) is 5.75 Å². The Morgan fingerprint density at radius 1 is 1.40 bits per heavy atom. The minimum Gasteiger partial charge on any atom is -0.444 e. The Morgan fingerprint density at radius 3 is 2.20 bits per heavy atom. The summed E-state index contributed by atoms with van der Waals surface area (Å²) in [4.78, 5) is 0. The summed E-state index contributed by atoms with van der Waals surface area (Å²) in [5, 5.41) is 0. The molecule has 0 N–H and O–H groups in total. The molecule has 0 amide bonds. The fourth-order valence-corrected chi connectivity index (χ4v) is 1.21. The van der Waals surface area contributed by atoms with Crippen molar-refractivity contribution in [1.82, 2.24) is 0 Å². The van der Waals surface area contributed by atoms with Crippen LogP contribution in [0.25, 0.3) is 0 Å². The molecular formula is C7H16NOS-. The molecule has 0 bridgehead atoms. The van der Waals surface area contributed by atoms with Gasteiger partial charge in [-0.3, -0.25) is 0 Å². The van der Waals surface area contributed by atoms with Crippen molar-refractivity contribution in [3.8, 4) is 0 Å². The zero-order chi connectivity index (χ0) is 8.20. The van der Waals surface area contributed by atoms with Crippen LogP contribution in [0.15, 0.2) is 4.36 Å². The maximum atomic E-state index is 10.9. The smallest absolute Gasteiger partial charge is 0.0291 e. The lowest BCUT2D eigenvalue weighted by Crippen LogP contribution is -2.14. The average Bonchev–Trinajstić information content (AvgIpc) is 1.87. The summed E-state index contributed by atoms with van der Waals surface area (Å²) in [6.07, 6.45) is 0.943. The molecule has 0 fully saturated rings. The molecule has 0 atom stereocenters. The third kappa shape index (κ3) is 3.88. The van der Waals surface area contributed by atoms with Gasteiger partial charge in [-0.25, -0.2) is 0 Å². The Morgan fingerprint density at radius 2 is 1.90 bits per heavy atom. The molecule has 2 nitrogen and oxygen atoms in total. The van der Waals surface area contributed by atoms with Crippen LogP contribution in [0.1, 0.15) is 34.1 Å². The van der Waals surface area contributed by atoms with Gasteiger partial charge >= 0.3 is 0 Å².